The minimum atomic E-state index is -0.308. The van der Waals surface area contributed by atoms with E-state index in [1.807, 2.05) is 0 Å². The first-order chi connectivity index (χ1) is 10.6. The molecule has 3 rings (SSSR count). The largest absolute Gasteiger partial charge is 0.352 e. The van der Waals surface area contributed by atoms with Gasteiger partial charge in [0.15, 0.2) is 0 Å². The zero-order valence-corrected chi connectivity index (χ0v) is 12.3. The van der Waals surface area contributed by atoms with Gasteiger partial charge in [-0.1, -0.05) is 17.7 Å². The summed E-state index contributed by atoms with van der Waals surface area (Å²) in [6.07, 6.45) is 0.530. The van der Waals surface area contributed by atoms with Gasteiger partial charge in [-0.05, 0) is 36.4 Å². The summed E-state index contributed by atoms with van der Waals surface area (Å²) in [5, 5.41) is 3.32. The van der Waals surface area contributed by atoms with E-state index in [0.29, 0.717) is 40.4 Å². The third-order valence-electron chi connectivity index (χ3n) is 3.23. The molecule has 112 valence electrons. The second kappa shape index (κ2) is 6.15. The number of halogens is 2. The first-order valence-electron chi connectivity index (χ1n) is 6.80. The van der Waals surface area contributed by atoms with Crippen molar-refractivity contribution in [3.05, 3.63) is 64.7 Å². The molecule has 0 bridgehead atoms. The van der Waals surface area contributed by atoms with E-state index >= 15 is 0 Å². The average Bonchev–Trinajstić information content (AvgIpc) is 2.89. The Morgan fingerprint density at radius 3 is 2.95 bits per heavy atom. The SMILES string of the molecule is O=C(NCCc1nc2ccc(F)cc2[nH]1)c1cccc(Cl)c1. The average molecular weight is 318 g/mol. The Kier molecular flexibility index (Phi) is 4.06. The van der Waals surface area contributed by atoms with Crippen molar-refractivity contribution >= 4 is 28.5 Å². The molecule has 0 aliphatic heterocycles. The molecule has 1 heterocycles. The number of rotatable bonds is 4. The monoisotopic (exact) mass is 317 g/mol. The highest BCUT2D eigenvalue weighted by Crippen LogP contribution is 2.13. The van der Waals surface area contributed by atoms with E-state index in [2.05, 4.69) is 15.3 Å². The molecule has 0 spiro atoms. The minimum absolute atomic E-state index is 0.190. The number of nitrogens with zero attached hydrogens (tertiary/aromatic N) is 1. The summed E-state index contributed by atoms with van der Waals surface area (Å²) in [5.74, 6) is 0.202. The van der Waals surface area contributed by atoms with E-state index in [1.54, 1.807) is 30.3 Å². The minimum Gasteiger partial charge on any atom is -0.352 e. The molecule has 0 fully saturated rings. The number of hydrogen-bond donors (Lipinski definition) is 2. The van der Waals surface area contributed by atoms with Crippen LogP contribution in [-0.2, 0) is 6.42 Å². The van der Waals surface area contributed by atoms with Crippen LogP contribution in [0.3, 0.4) is 0 Å². The van der Waals surface area contributed by atoms with Crippen molar-refractivity contribution in [3.8, 4) is 0 Å². The van der Waals surface area contributed by atoms with Crippen LogP contribution >= 0.6 is 11.6 Å². The van der Waals surface area contributed by atoms with Gasteiger partial charge in [0, 0.05) is 23.6 Å². The van der Waals surface area contributed by atoms with Crippen molar-refractivity contribution in [1.82, 2.24) is 15.3 Å². The first-order valence-corrected chi connectivity index (χ1v) is 7.17. The highest BCUT2D eigenvalue weighted by Gasteiger charge is 2.07. The summed E-state index contributed by atoms with van der Waals surface area (Å²) in [7, 11) is 0. The number of fused-ring (bicyclic) bond motifs is 1. The number of amides is 1. The van der Waals surface area contributed by atoms with Crippen molar-refractivity contribution < 1.29 is 9.18 Å². The number of benzene rings is 2. The Balaban J connectivity index is 1.61. The van der Waals surface area contributed by atoms with Gasteiger partial charge in [-0.3, -0.25) is 4.79 Å². The number of nitrogens with one attached hydrogen (secondary N) is 2. The van der Waals surface area contributed by atoms with Gasteiger partial charge in [0.05, 0.1) is 11.0 Å². The lowest BCUT2D eigenvalue weighted by molar-refractivity contribution is 0.0954. The van der Waals surface area contributed by atoms with Gasteiger partial charge in [-0.25, -0.2) is 9.37 Å². The van der Waals surface area contributed by atoms with Crippen LogP contribution in [0.25, 0.3) is 11.0 Å². The van der Waals surface area contributed by atoms with Crippen molar-refractivity contribution in [3.63, 3.8) is 0 Å². The molecule has 2 aromatic carbocycles. The quantitative estimate of drug-likeness (QED) is 0.775. The molecule has 4 nitrogen and oxygen atoms in total. The van der Waals surface area contributed by atoms with Crippen molar-refractivity contribution in [2.24, 2.45) is 0 Å². The predicted octanol–water partition coefficient (Wildman–Crippen LogP) is 3.33. The Bertz CT molecular complexity index is 831. The fourth-order valence-corrected chi connectivity index (χ4v) is 2.37. The highest BCUT2D eigenvalue weighted by molar-refractivity contribution is 6.30. The van der Waals surface area contributed by atoms with Crippen molar-refractivity contribution in [2.45, 2.75) is 6.42 Å². The molecule has 0 atom stereocenters. The molecule has 0 unspecified atom stereocenters. The lowest BCUT2D eigenvalue weighted by Crippen LogP contribution is -2.25. The number of imidazole rings is 1. The van der Waals surface area contributed by atoms with Crippen LogP contribution in [-0.4, -0.2) is 22.4 Å². The number of hydrogen-bond acceptors (Lipinski definition) is 2. The maximum atomic E-state index is 13.1. The van der Waals surface area contributed by atoms with Crippen LogP contribution in [0.1, 0.15) is 16.2 Å². The van der Waals surface area contributed by atoms with E-state index in [-0.39, 0.29) is 11.7 Å². The molecule has 2 N–H and O–H groups in total. The van der Waals surface area contributed by atoms with Gasteiger partial charge in [-0.2, -0.15) is 0 Å². The smallest absolute Gasteiger partial charge is 0.251 e. The van der Waals surface area contributed by atoms with Gasteiger partial charge < -0.3 is 10.3 Å². The lowest BCUT2D eigenvalue weighted by atomic mass is 10.2. The third-order valence-corrected chi connectivity index (χ3v) is 3.46. The molecule has 1 amide bonds. The number of carbonyl (C=O) groups excluding carboxylic acids is 1. The summed E-state index contributed by atoms with van der Waals surface area (Å²) in [6.45, 7) is 0.424. The summed E-state index contributed by atoms with van der Waals surface area (Å²) in [4.78, 5) is 19.3. The molecule has 3 aromatic rings. The topological polar surface area (TPSA) is 57.8 Å². The van der Waals surface area contributed by atoms with Crippen molar-refractivity contribution in [2.75, 3.05) is 6.54 Å². The summed E-state index contributed by atoms with van der Waals surface area (Å²) >= 11 is 5.85. The molecular weight excluding hydrogens is 305 g/mol. The van der Waals surface area contributed by atoms with Crippen LogP contribution in [0, 0.1) is 5.82 Å². The Morgan fingerprint density at radius 1 is 1.27 bits per heavy atom. The summed E-state index contributed by atoms with van der Waals surface area (Å²) in [6, 6.07) is 11.1. The normalized spacial score (nSPS) is 10.8. The fraction of sp³-hybridized carbons (Fsp3) is 0.125. The molecule has 0 saturated heterocycles. The van der Waals surface area contributed by atoms with Gasteiger partial charge in [0.2, 0.25) is 0 Å². The standard InChI is InChI=1S/C16H13ClFN3O/c17-11-3-1-2-10(8-11)16(22)19-7-6-15-20-13-5-4-12(18)9-14(13)21-15/h1-5,8-9H,6-7H2,(H,19,22)(H,20,21). The number of aromatic nitrogens is 2. The first kappa shape index (κ1) is 14.5. The number of carbonyl (C=O) groups is 1. The zero-order chi connectivity index (χ0) is 15.5. The van der Waals surface area contributed by atoms with E-state index < -0.39 is 0 Å². The predicted molar refractivity (Wildman–Crippen MR) is 83.5 cm³/mol. The van der Waals surface area contributed by atoms with Gasteiger partial charge in [0.25, 0.3) is 5.91 Å². The van der Waals surface area contributed by atoms with Gasteiger partial charge >= 0.3 is 0 Å². The molecule has 1 aromatic heterocycles. The second-order valence-electron chi connectivity index (χ2n) is 4.86. The van der Waals surface area contributed by atoms with Gasteiger partial charge in [-0.15, -0.1) is 0 Å². The Hall–Kier alpha value is -2.40. The Morgan fingerprint density at radius 2 is 2.14 bits per heavy atom. The lowest BCUT2D eigenvalue weighted by Gasteiger charge is -2.04. The molecule has 22 heavy (non-hydrogen) atoms. The van der Waals surface area contributed by atoms with Gasteiger partial charge in [0.1, 0.15) is 11.6 Å². The van der Waals surface area contributed by atoms with Crippen LogP contribution in [0.4, 0.5) is 4.39 Å². The molecular formula is C16H13ClFN3O. The maximum Gasteiger partial charge on any atom is 0.251 e. The van der Waals surface area contributed by atoms with Crippen LogP contribution < -0.4 is 5.32 Å². The molecule has 0 aliphatic rings. The van der Waals surface area contributed by atoms with Crippen LogP contribution in [0.2, 0.25) is 5.02 Å². The molecule has 6 heteroatoms. The van der Waals surface area contributed by atoms with Crippen LogP contribution in [0.5, 0.6) is 0 Å². The number of aromatic amines is 1. The van der Waals surface area contributed by atoms with E-state index in [1.165, 1.54) is 12.1 Å². The molecule has 0 saturated carbocycles. The van der Waals surface area contributed by atoms with E-state index in [4.69, 9.17) is 11.6 Å². The molecule has 0 aliphatic carbocycles. The maximum absolute atomic E-state index is 13.1. The second-order valence-corrected chi connectivity index (χ2v) is 5.30. The van der Waals surface area contributed by atoms with Crippen molar-refractivity contribution in [1.29, 1.82) is 0 Å². The summed E-state index contributed by atoms with van der Waals surface area (Å²) in [5.41, 5.74) is 1.87. The van der Waals surface area contributed by atoms with Crippen LogP contribution in [0.15, 0.2) is 42.5 Å². The van der Waals surface area contributed by atoms with E-state index in [9.17, 15) is 9.18 Å². The highest BCUT2D eigenvalue weighted by atomic mass is 35.5. The number of H-pyrrole nitrogens is 1. The summed E-state index contributed by atoms with van der Waals surface area (Å²) < 4.78 is 13.1. The zero-order valence-electron chi connectivity index (χ0n) is 11.6. The fourth-order valence-electron chi connectivity index (χ4n) is 2.18. The third kappa shape index (κ3) is 3.26. The Labute approximate surface area is 131 Å². The van der Waals surface area contributed by atoms with E-state index in [0.717, 1.165) is 0 Å². The molecule has 0 radical (unpaired) electrons.